The van der Waals surface area contributed by atoms with E-state index in [9.17, 15) is 0 Å². The predicted octanol–water partition coefficient (Wildman–Crippen LogP) is 5.78. The summed E-state index contributed by atoms with van der Waals surface area (Å²) in [6.45, 7) is 5.08. The van der Waals surface area contributed by atoms with Crippen molar-refractivity contribution >= 4 is 0 Å². The SMILES string of the molecule is c1ccc(OCC(Cn2nc(-c3ccccc3)cc2-c2ccccc2)OCCN2CCCC2)cc1. The van der Waals surface area contributed by atoms with Crippen LogP contribution in [-0.4, -0.2) is 53.6 Å². The molecular weight excluding hydrogens is 434 g/mol. The van der Waals surface area contributed by atoms with Crippen molar-refractivity contribution in [3.63, 3.8) is 0 Å². The number of para-hydroxylation sites is 1. The van der Waals surface area contributed by atoms with Gasteiger partial charge in [0.25, 0.3) is 0 Å². The van der Waals surface area contributed by atoms with Crippen LogP contribution in [0.25, 0.3) is 22.5 Å². The maximum atomic E-state index is 6.41. The summed E-state index contributed by atoms with van der Waals surface area (Å²) in [5.41, 5.74) is 4.29. The van der Waals surface area contributed by atoms with E-state index < -0.39 is 0 Å². The summed E-state index contributed by atoms with van der Waals surface area (Å²) in [5.74, 6) is 0.856. The summed E-state index contributed by atoms with van der Waals surface area (Å²) in [5, 5.41) is 5.01. The lowest BCUT2D eigenvalue weighted by molar-refractivity contribution is 0.000665. The maximum Gasteiger partial charge on any atom is 0.119 e. The minimum atomic E-state index is -0.121. The quantitative estimate of drug-likeness (QED) is 0.280. The number of likely N-dealkylation sites (tertiary alicyclic amines) is 1. The van der Waals surface area contributed by atoms with Crippen LogP contribution in [0.1, 0.15) is 12.8 Å². The Morgan fingerprint density at radius 3 is 2.09 bits per heavy atom. The Hall–Kier alpha value is -3.41. The van der Waals surface area contributed by atoms with Crippen LogP contribution in [-0.2, 0) is 11.3 Å². The monoisotopic (exact) mass is 467 g/mol. The summed E-state index contributed by atoms with van der Waals surface area (Å²) < 4.78 is 14.6. The van der Waals surface area contributed by atoms with E-state index in [4.69, 9.17) is 14.6 Å². The van der Waals surface area contributed by atoms with Gasteiger partial charge in [-0.2, -0.15) is 5.10 Å². The Morgan fingerprint density at radius 1 is 0.771 bits per heavy atom. The van der Waals surface area contributed by atoms with Gasteiger partial charge in [-0.15, -0.1) is 0 Å². The first-order chi connectivity index (χ1) is 17.3. The molecule has 1 fully saturated rings. The molecule has 35 heavy (non-hydrogen) atoms. The third-order valence-corrected chi connectivity index (χ3v) is 6.43. The molecule has 1 aliphatic heterocycles. The van der Waals surface area contributed by atoms with E-state index in [2.05, 4.69) is 64.2 Å². The summed E-state index contributed by atoms with van der Waals surface area (Å²) >= 11 is 0. The molecule has 4 aromatic rings. The fraction of sp³-hybridized carbons (Fsp3) is 0.300. The van der Waals surface area contributed by atoms with Crippen LogP contribution in [0.5, 0.6) is 5.75 Å². The number of ether oxygens (including phenoxy) is 2. The normalized spacial score (nSPS) is 14.7. The Bertz CT molecular complexity index is 1160. The van der Waals surface area contributed by atoms with Gasteiger partial charge in [0.15, 0.2) is 0 Å². The fourth-order valence-electron chi connectivity index (χ4n) is 4.55. The minimum Gasteiger partial charge on any atom is -0.491 e. The molecule has 0 saturated carbocycles. The lowest BCUT2D eigenvalue weighted by Crippen LogP contribution is -2.32. The zero-order chi connectivity index (χ0) is 23.7. The summed E-state index contributed by atoms with van der Waals surface area (Å²) in [6, 6.07) is 32.9. The second kappa shape index (κ2) is 11.8. The lowest BCUT2D eigenvalue weighted by Gasteiger charge is -2.22. The standard InChI is InChI=1S/C30H33N3O2/c1-4-12-25(13-5-1)29-22-30(26-14-6-2-7-15-26)33(31-29)23-28(24-35-27-16-8-3-9-17-27)34-21-20-32-18-10-11-19-32/h1-9,12-17,22,28H,10-11,18-21,23-24H2. The van der Waals surface area contributed by atoms with E-state index in [-0.39, 0.29) is 6.10 Å². The van der Waals surface area contributed by atoms with Crippen LogP contribution < -0.4 is 4.74 Å². The molecule has 0 bridgehead atoms. The molecule has 0 N–H and O–H groups in total. The second-order valence-corrected chi connectivity index (χ2v) is 8.99. The van der Waals surface area contributed by atoms with Crippen molar-refractivity contribution in [2.45, 2.75) is 25.5 Å². The molecule has 1 unspecified atom stereocenters. The van der Waals surface area contributed by atoms with Crippen LogP contribution in [0.4, 0.5) is 0 Å². The van der Waals surface area contributed by atoms with Crippen molar-refractivity contribution in [2.24, 2.45) is 0 Å². The van der Waals surface area contributed by atoms with Gasteiger partial charge in [-0.25, -0.2) is 0 Å². The summed E-state index contributed by atoms with van der Waals surface area (Å²) in [7, 11) is 0. The van der Waals surface area contributed by atoms with E-state index in [0.29, 0.717) is 19.8 Å². The zero-order valence-corrected chi connectivity index (χ0v) is 20.1. The molecule has 5 nitrogen and oxygen atoms in total. The van der Waals surface area contributed by atoms with Crippen LogP contribution in [0.15, 0.2) is 97.1 Å². The topological polar surface area (TPSA) is 39.5 Å². The van der Waals surface area contributed by atoms with Gasteiger partial charge in [-0.3, -0.25) is 4.68 Å². The van der Waals surface area contributed by atoms with Crippen molar-refractivity contribution in [3.8, 4) is 28.3 Å². The summed E-state index contributed by atoms with van der Waals surface area (Å²) in [4.78, 5) is 2.48. The average molecular weight is 468 g/mol. The molecule has 0 amide bonds. The van der Waals surface area contributed by atoms with Crippen molar-refractivity contribution in [2.75, 3.05) is 32.8 Å². The zero-order valence-electron chi connectivity index (χ0n) is 20.1. The van der Waals surface area contributed by atoms with Crippen LogP contribution in [0.3, 0.4) is 0 Å². The van der Waals surface area contributed by atoms with Crippen molar-refractivity contribution in [3.05, 3.63) is 97.1 Å². The summed E-state index contributed by atoms with van der Waals surface area (Å²) in [6.07, 6.45) is 2.45. The highest BCUT2D eigenvalue weighted by atomic mass is 16.5. The van der Waals surface area contributed by atoms with Crippen molar-refractivity contribution < 1.29 is 9.47 Å². The molecule has 5 rings (SSSR count). The van der Waals surface area contributed by atoms with Gasteiger partial charge in [-0.1, -0.05) is 78.9 Å². The maximum absolute atomic E-state index is 6.41. The molecule has 1 saturated heterocycles. The highest BCUT2D eigenvalue weighted by Crippen LogP contribution is 2.27. The average Bonchev–Trinajstić information content (AvgIpc) is 3.59. The van der Waals surface area contributed by atoms with Gasteiger partial charge in [-0.05, 0) is 49.7 Å². The Kier molecular flexibility index (Phi) is 7.89. The fourth-order valence-corrected chi connectivity index (χ4v) is 4.55. The first kappa shape index (κ1) is 23.3. The molecule has 0 radical (unpaired) electrons. The second-order valence-electron chi connectivity index (χ2n) is 8.99. The van der Waals surface area contributed by atoms with E-state index in [1.807, 2.05) is 42.5 Å². The van der Waals surface area contributed by atoms with E-state index in [0.717, 1.165) is 34.8 Å². The Morgan fingerprint density at radius 2 is 1.40 bits per heavy atom. The van der Waals surface area contributed by atoms with Gasteiger partial charge in [0, 0.05) is 12.1 Å². The minimum absolute atomic E-state index is 0.121. The van der Waals surface area contributed by atoms with E-state index in [1.54, 1.807) is 0 Å². The third-order valence-electron chi connectivity index (χ3n) is 6.43. The van der Waals surface area contributed by atoms with Crippen LogP contribution in [0, 0.1) is 0 Å². The number of hydrogen-bond donors (Lipinski definition) is 0. The number of benzene rings is 3. The van der Waals surface area contributed by atoms with Crippen LogP contribution >= 0.6 is 0 Å². The molecule has 3 aromatic carbocycles. The lowest BCUT2D eigenvalue weighted by atomic mass is 10.1. The number of hydrogen-bond acceptors (Lipinski definition) is 4. The number of rotatable bonds is 11. The first-order valence-electron chi connectivity index (χ1n) is 12.6. The molecule has 0 aliphatic carbocycles. The van der Waals surface area contributed by atoms with Crippen molar-refractivity contribution in [1.82, 2.24) is 14.7 Å². The van der Waals surface area contributed by atoms with Gasteiger partial charge in [0.1, 0.15) is 18.5 Å². The molecule has 2 heterocycles. The predicted molar refractivity (Wildman–Crippen MR) is 140 cm³/mol. The first-order valence-corrected chi connectivity index (χ1v) is 12.6. The molecule has 1 atom stereocenters. The Labute approximate surface area is 207 Å². The molecule has 5 heteroatoms. The molecular formula is C30H33N3O2. The largest absolute Gasteiger partial charge is 0.491 e. The smallest absolute Gasteiger partial charge is 0.119 e. The molecule has 1 aromatic heterocycles. The third kappa shape index (κ3) is 6.38. The van der Waals surface area contributed by atoms with Gasteiger partial charge >= 0.3 is 0 Å². The molecule has 1 aliphatic rings. The number of aromatic nitrogens is 2. The molecule has 0 spiro atoms. The van der Waals surface area contributed by atoms with E-state index >= 15 is 0 Å². The van der Waals surface area contributed by atoms with E-state index in [1.165, 1.54) is 25.9 Å². The van der Waals surface area contributed by atoms with Crippen LogP contribution in [0.2, 0.25) is 0 Å². The van der Waals surface area contributed by atoms with Gasteiger partial charge in [0.2, 0.25) is 0 Å². The highest BCUT2D eigenvalue weighted by molar-refractivity contribution is 5.68. The van der Waals surface area contributed by atoms with Crippen molar-refractivity contribution in [1.29, 1.82) is 0 Å². The van der Waals surface area contributed by atoms with Gasteiger partial charge in [0.05, 0.1) is 24.5 Å². The van der Waals surface area contributed by atoms with Gasteiger partial charge < -0.3 is 14.4 Å². The number of nitrogens with zero attached hydrogens (tertiary/aromatic N) is 3. The Balaban J connectivity index is 1.37. The highest BCUT2D eigenvalue weighted by Gasteiger charge is 2.19. The molecule has 180 valence electrons.